The molecule has 3 aromatic heterocycles. The fraction of sp³-hybridized carbons (Fsp3) is 0. The zero-order valence-electron chi connectivity index (χ0n) is 30.3. The average molecular weight is 716 g/mol. The lowest BCUT2D eigenvalue weighted by molar-refractivity contribution is 1.07. The first-order chi connectivity index (χ1) is 27.8. The SMILES string of the molecule is c1ccc(-c2nc(-c3ccccc3)nc(-c3cccc(-c4cccc(-n5c6ccccc6c6cccc7c6c6c5cccc6n7-c5ccccc5)c4)c3)n2)cc1. The number of benzene rings is 8. The smallest absolute Gasteiger partial charge is 0.164 e. The number of para-hydroxylation sites is 2. The fourth-order valence-electron chi connectivity index (χ4n) is 8.26. The molecule has 262 valence electrons. The third kappa shape index (κ3) is 5.21. The second kappa shape index (κ2) is 13.0. The summed E-state index contributed by atoms with van der Waals surface area (Å²) in [6, 6.07) is 70.5. The quantitative estimate of drug-likeness (QED) is 0.172. The number of nitrogens with zero attached hydrogens (tertiary/aromatic N) is 5. The van der Waals surface area contributed by atoms with Crippen molar-refractivity contribution in [3.8, 4) is 56.7 Å². The molecule has 11 rings (SSSR count). The minimum atomic E-state index is 0.633. The normalized spacial score (nSPS) is 11.6. The number of aromatic nitrogens is 5. The van der Waals surface area contributed by atoms with Crippen molar-refractivity contribution in [3.05, 3.63) is 200 Å². The fourth-order valence-corrected chi connectivity index (χ4v) is 8.26. The second-order valence-corrected chi connectivity index (χ2v) is 14.1. The van der Waals surface area contributed by atoms with E-state index in [1.54, 1.807) is 0 Å². The first kappa shape index (κ1) is 31.9. The maximum Gasteiger partial charge on any atom is 0.164 e. The van der Waals surface area contributed by atoms with Gasteiger partial charge in [0.2, 0.25) is 0 Å². The Morgan fingerprint density at radius 2 is 0.679 bits per heavy atom. The molecule has 0 unspecified atom stereocenters. The Kier molecular flexibility index (Phi) is 7.42. The first-order valence-corrected chi connectivity index (χ1v) is 18.9. The molecule has 56 heavy (non-hydrogen) atoms. The molecule has 0 N–H and O–H groups in total. The summed E-state index contributed by atoms with van der Waals surface area (Å²) in [7, 11) is 0. The molecule has 0 bridgehead atoms. The average Bonchev–Trinajstić information content (AvgIpc) is 3.56. The van der Waals surface area contributed by atoms with Crippen LogP contribution in [0.25, 0.3) is 100 Å². The van der Waals surface area contributed by atoms with Crippen LogP contribution in [0.4, 0.5) is 0 Å². The van der Waals surface area contributed by atoms with Crippen molar-refractivity contribution in [1.29, 1.82) is 0 Å². The van der Waals surface area contributed by atoms with Crippen molar-refractivity contribution in [3.63, 3.8) is 0 Å². The number of hydrogen-bond acceptors (Lipinski definition) is 3. The van der Waals surface area contributed by atoms with Gasteiger partial charge in [-0.05, 0) is 71.1 Å². The molecule has 0 aliphatic rings. The minimum absolute atomic E-state index is 0.633. The molecular formula is C51H33N5. The highest BCUT2D eigenvalue weighted by atomic mass is 15.0. The van der Waals surface area contributed by atoms with Crippen molar-refractivity contribution in [2.45, 2.75) is 0 Å². The molecule has 3 heterocycles. The summed E-state index contributed by atoms with van der Waals surface area (Å²) in [5, 5.41) is 4.94. The summed E-state index contributed by atoms with van der Waals surface area (Å²) in [6.07, 6.45) is 0. The van der Waals surface area contributed by atoms with E-state index in [9.17, 15) is 0 Å². The Morgan fingerprint density at radius 3 is 1.36 bits per heavy atom. The standard InChI is InChI=1S/C51H33N5/c1-4-16-34(17-5-1)49-52-50(35-18-6-2-7-19-35)54-51(53-49)38-22-12-20-36(32-38)37-21-13-25-40(33-37)56-43-28-11-10-26-41(43)42-27-14-29-44-47(42)48-45(30-15-31-46(48)56)55(44)39-23-8-3-9-24-39/h1-33H. The molecule has 0 saturated carbocycles. The van der Waals surface area contributed by atoms with E-state index in [0.29, 0.717) is 17.5 Å². The maximum atomic E-state index is 5.01. The Labute approximate surface area is 323 Å². The van der Waals surface area contributed by atoms with Gasteiger partial charge in [-0.15, -0.1) is 0 Å². The lowest BCUT2D eigenvalue weighted by atomic mass is 10.0. The lowest BCUT2D eigenvalue weighted by Gasteiger charge is -2.15. The Morgan fingerprint density at radius 1 is 0.268 bits per heavy atom. The van der Waals surface area contributed by atoms with E-state index >= 15 is 0 Å². The molecule has 0 radical (unpaired) electrons. The van der Waals surface area contributed by atoms with Gasteiger partial charge in [0.15, 0.2) is 17.5 Å². The summed E-state index contributed by atoms with van der Waals surface area (Å²) >= 11 is 0. The summed E-state index contributed by atoms with van der Waals surface area (Å²) in [4.78, 5) is 14.9. The van der Waals surface area contributed by atoms with Crippen LogP contribution in [0.15, 0.2) is 200 Å². The molecule has 0 aliphatic heterocycles. The predicted molar refractivity (Wildman–Crippen MR) is 230 cm³/mol. The van der Waals surface area contributed by atoms with Gasteiger partial charge < -0.3 is 9.13 Å². The van der Waals surface area contributed by atoms with Gasteiger partial charge in [-0.2, -0.15) is 0 Å². The van der Waals surface area contributed by atoms with Crippen molar-refractivity contribution >= 4 is 43.6 Å². The highest BCUT2D eigenvalue weighted by molar-refractivity contribution is 6.27. The highest BCUT2D eigenvalue weighted by Gasteiger charge is 2.20. The van der Waals surface area contributed by atoms with Crippen molar-refractivity contribution < 1.29 is 0 Å². The van der Waals surface area contributed by atoms with Gasteiger partial charge in [-0.25, -0.2) is 15.0 Å². The van der Waals surface area contributed by atoms with E-state index in [1.165, 1.54) is 32.6 Å². The molecule has 0 spiro atoms. The van der Waals surface area contributed by atoms with Gasteiger partial charge in [-0.1, -0.05) is 146 Å². The molecule has 11 aromatic rings. The molecule has 0 amide bonds. The maximum absolute atomic E-state index is 5.01. The lowest BCUT2D eigenvalue weighted by Crippen LogP contribution is -2.00. The van der Waals surface area contributed by atoms with E-state index in [1.807, 2.05) is 60.7 Å². The van der Waals surface area contributed by atoms with E-state index in [2.05, 4.69) is 149 Å². The highest BCUT2D eigenvalue weighted by Crippen LogP contribution is 2.42. The van der Waals surface area contributed by atoms with Crippen LogP contribution < -0.4 is 0 Å². The topological polar surface area (TPSA) is 48.5 Å². The number of rotatable bonds is 6. The van der Waals surface area contributed by atoms with Gasteiger partial charge >= 0.3 is 0 Å². The van der Waals surface area contributed by atoms with Gasteiger partial charge in [0, 0.05) is 44.2 Å². The molecule has 0 aliphatic carbocycles. The van der Waals surface area contributed by atoms with Crippen LogP contribution in [0.1, 0.15) is 0 Å². The van der Waals surface area contributed by atoms with Crippen LogP contribution in [-0.4, -0.2) is 24.1 Å². The van der Waals surface area contributed by atoms with E-state index in [4.69, 9.17) is 15.0 Å². The van der Waals surface area contributed by atoms with Gasteiger partial charge in [-0.3, -0.25) is 0 Å². The third-order valence-electron chi connectivity index (χ3n) is 10.7. The van der Waals surface area contributed by atoms with Crippen LogP contribution in [0, 0.1) is 0 Å². The van der Waals surface area contributed by atoms with Crippen molar-refractivity contribution in [1.82, 2.24) is 24.1 Å². The Hall–Kier alpha value is -7.63. The van der Waals surface area contributed by atoms with Crippen LogP contribution in [0.2, 0.25) is 0 Å². The zero-order valence-corrected chi connectivity index (χ0v) is 30.3. The summed E-state index contributed by atoms with van der Waals surface area (Å²) in [5.74, 6) is 1.92. The second-order valence-electron chi connectivity index (χ2n) is 14.1. The third-order valence-corrected chi connectivity index (χ3v) is 10.7. The van der Waals surface area contributed by atoms with E-state index in [0.717, 1.165) is 50.2 Å². The molecule has 0 atom stereocenters. The van der Waals surface area contributed by atoms with Crippen LogP contribution in [0.5, 0.6) is 0 Å². The van der Waals surface area contributed by atoms with Crippen molar-refractivity contribution in [2.75, 3.05) is 0 Å². The van der Waals surface area contributed by atoms with E-state index in [-0.39, 0.29) is 0 Å². The summed E-state index contributed by atoms with van der Waals surface area (Å²) < 4.78 is 4.84. The Balaban J connectivity index is 1.11. The van der Waals surface area contributed by atoms with E-state index < -0.39 is 0 Å². The number of fused-ring (bicyclic) bond motifs is 2. The van der Waals surface area contributed by atoms with Crippen LogP contribution in [-0.2, 0) is 0 Å². The van der Waals surface area contributed by atoms with Crippen LogP contribution in [0.3, 0.4) is 0 Å². The first-order valence-electron chi connectivity index (χ1n) is 18.9. The summed E-state index contributed by atoms with van der Waals surface area (Å²) in [5.41, 5.74) is 11.9. The molecule has 0 saturated heterocycles. The zero-order chi connectivity index (χ0) is 37.0. The molecule has 0 fully saturated rings. The molecule has 5 nitrogen and oxygen atoms in total. The predicted octanol–water partition coefficient (Wildman–Crippen LogP) is 12.7. The van der Waals surface area contributed by atoms with Crippen LogP contribution >= 0.6 is 0 Å². The molecule has 5 heteroatoms. The Bertz CT molecular complexity index is 3180. The van der Waals surface area contributed by atoms with Gasteiger partial charge in [0.25, 0.3) is 0 Å². The minimum Gasteiger partial charge on any atom is -0.309 e. The van der Waals surface area contributed by atoms with Gasteiger partial charge in [0.05, 0.1) is 22.1 Å². The monoisotopic (exact) mass is 715 g/mol. The van der Waals surface area contributed by atoms with Gasteiger partial charge in [0.1, 0.15) is 0 Å². The molecule has 8 aromatic carbocycles. The largest absolute Gasteiger partial charge is 0.309 e. The summed E-state index contributed by atoms with van der Waals surface area (Å²) in [6.45, 7) is 0. The number of hydrogen-bond donors (Lipinski definition) is 0. The molecular weight excluding hydrogens is 683 g/mol. The van der Waals surface area contributed by atoms with Crippen molar-refractivity contribution in [2.24, 2.45) is 0 Å².